The Morgan fingerprint density at radius 1 is 0.879 bits per heavy atom. The summed E-state index contributed by atoms with van der Waals surface area (Å²) in [6, 6.07) is 23.1. The van der Waals surface area contributed by atoms with E-state index in [4.69, 9.17) is 9.47 Å². The van der Waals surface area contributed by atoms with E-state index >= 15 is 0 Å². The van der Waals surface area contributed by atoms with Crippen molar-refractivity contribution in [1.29, 1.82) is 0 Å². The van der Waals surface area contributed by atoms with Crippen molar-refractivity contribution in [1.82, 2.24) is 5.32 Å². The van der Waals surface area contributed by atoms with Crippen LogP contribution in [0.15, 0.2) is 84.6 Å². The van der Waals surface area contributed by atoms with Crippen molar-refractivity contribution in [2.75, 3.05) is 19.0 Å². The second kappa shape index (κ2) is 11.5. The van der Waals surface area contributed by atoms with Gasteiger partial charge in [-0.25, -0.2) is 0 Å². The zero-order valence-electron chi connectivity index (χ0n) is 19.0. The maximum absolute atomic E-state index is 13.0. The SMILES string of the molecule is COc1ccc(NC(=O)C(=Cc2ccccc2)NC(=O)c2ccc(OCC(C)C)cc2)cc1. The molecule has 6 heteroatoms. The van der Waals surface area contributed by atoms with Crippen LogP contribution in [0.4, 0.5) is 5.69 Å². The minimum Gasteiger partial charge on any atom is -0.497 e. The summed E-state index contributed by atoms with van der Waals surface area (Å²) in [6.45, 7) is 4.74. The lowest BCUT2D eigenvalue weighted by molar-refractivity contribution is -0.113. The Labute approximate surface area is 194 Å². The second-order valence-corrected chi connectivity index (χ2v) is 7.83. The number of hydrogen-bond acceptors (Lipinski definition) is 4. The van der Waals surface area contributed by atoms with Crippen molar-refractivity contribution in [3.63, 3.8) is 0 Å². The normalized spacial score (nSPS) is 11.1. The third-order valence-electron chi connectivity index (χ3n) is 4.65. The summed E-state index contributed by atoms with van der Waals surface area (Å²) < 4.78 is 10.8. The zero-order valence-corrected chi connectivity index (χ0v) is 19.0. The van der Waals surface area contributed by atoms with Gasteiger partial charge < -0.3 is 20.1 Å². The molecule has 0 bridgehead atoms. The number of anilines is 1. The molecule has 0 radical (unpaired) electrons. The first-order valence-corrected chi connectivity index (χ1v) is 10.7. The molecule has 170 valence electrons. The van der Waals surface area contributed by atoms with E-state index in [1.165, 1.54) is 0 Å². The first-order valence-electron chi connectivity index (χ1n) is 10.7. The van der Waals surface area contributed by atoms with E-state index in [1.807, 2.05) is 30.3 Å². The molecular weight excluding hydrogens is 416 g/mol. The minimum atomic E-state index is -0.436. The molecule has 3 aromatic carbocycles. The molecule has 0 saturated heterocycles. The maximum Gasteiger partial charge on any atom is 0.272 e. The summed E-state index contributed by atoms with van der Waals surface area (Å²) in [6.07, 6.45) is 1.64. The van der Waals surface area contributed by atoms with Gasteiger partial charge in [-0.2, -0.15) is 0 Å². The summed E-state index contributed by atoms with van der Waals surface area (Å²) in [4.78, 5) is 25.9. The molecule has 0 atom stereocenters. The van der Waals surface area contributed by atoms with Gasteiger partial charge in [0.1, 0.15) is 17.2 Å². The first kappa shape index (κ1) is 23.6. The van der Waals surface area contributed by atoms with Gasteiger partial charge in [0.2, 0.25) is 0 Å². The summed E-state index contributed by atoms with van der Waals surface area (Å²) in [5.74, 6) is 0.953. The average Bonchev–Trinajstić information content (AvgIpc) is 2.83. The van der Waals surface area contributed by atoms with Crippen LogP contribution in [0.2, 0.25) is 0 Å². The van der Waals surface area contributed by atoms with Crippen LogP contribution >= 0.6 is 0 Å². The van der Waals surface area contributed by atoms with E-state index in [9.17, 15) is 9.59 Å². The largest absolute Gasteiger partial charge is 0.497 e. The van der Waals surface area contributed by atoms with Crippen LogP contribution in [0.5, 0.6) is 11.5 Å². The molecule has 0 fully saturated rings. The first-order chi connectivity index (χ1) is 15.9. The quantitative estimate of drug-likeness (QED) is 0.448. The Balaban J connectivity index is 1.77. The fourth-order valence-electron chi connectivity index (χ4n) is 2.91. The van der Waals surface area contributed by atoms with Crippen LogP contribution in [0.1, 0.15) is 29.8 Å². The molecule has 33 heavy (non-hydrogen) atoms. The number of nitrogens with one attached hydrogen (secondary N) is 2. The van der Waals surface area contributed by atoms with Gasteiger partial charge in [-0.15, -0.1) is 0 Å². The standard InChI is InChI=1S/C27H28N2O4/c1-19(2)18-33-24-13-9-21(10-14-24)26(30)29-25(17-20-7-5-4-6-8-20)27(31)28-22-11-15-23(32-3)16-12-22/h4-17,19H,18H2,1-3H3,(H,28,31)(H,29,30). The Morgan fingerprint density at radius 3 is 2.12 bits per heavy atom. The number of carbonyl (C=O) groups excluding carboxylic acids is 2. The highest BCUT2D eigenvalue weighted by molar-refractivity contribution is 6.10. The van der Waals surface area contributed by atoms with Gasteiger partial charge in [0.25, 0.3) is 11.8 Å². The highest BCUT2D eigenvalue weighted by Gasteiger charge is 2.15. The van der Waals surface area contributed by atoms with E-state index in [1.54, 1.807) is 61.7 Å². The van der Waals surface area contributed by atoms with Crippen molar-refractivity contribution >= 4 is 23.6 Å². The summed E-state index contributed by atoms with van der Waals surface area (Å²) in [7, 11) is 1.58. The number of ether oxygens (including phenoxy) is 2. The molecule has 3 rings (SSSR count). The van der Waals surface area contributed by atoms with Crippen LogP contribution < -0.4 is 20.1 Å². The van der Waals surface area contributed by atoms with Crippen molar-refractivity contribution in [2.24, 2.45) is 5.92 Å². The third-order valence-corrected chi connectivity index (χ3v) is 4.65. The lowest BCUT2D eigenvalue weighted by Gasteiger charge is -2.12. The van der Waals surface area contributed by atoms with Crippen LogP contribution in [-0.2, 0) is 4.79 Å². The van der Waals surface area contributed by atoms with E-state index in [0.29, 0.717) is 35.3 Å². The highest BCUT2D eigenvalue weighted by atomic mass is 16.5. The Kier molecular flexibility index (Phi) is 8.24. The van der Waals surface area contributed by atoms with Crippen molar-refractivity contribution in [3.05, 3.63) is 95.7 Å². The van der Waals surface area contributed by atoms with E-state index < -0.39 is 11.8 Å². The molecule has 0 saturated carbocycles. The highest BCUT2D eigenvalue weighted by Crippen LogP contribution is 2.17. The topological polar surface area (TPSA) is 76.7 Å². The fourth-order valence-corrected chi connectivity index (χ4v) is 2.91. The molecule has 0 aliphatic rings. The maximum atomic E-state index is 13.0. The molecule has 2 amide bonds. The van der Waals surface area contributed by atoms with Crippen molar-refractivity contribution < 1.29 is 19.1 Å². The molecule has 0 aliphatic carbocycles. The number of amides is 2. The predicted octanol–water partition coefficient (Wildman–Crippen LogP) is 5.14. The van der Waals surface area contributed by atoms with E-state index in [2.05, 4.69) is 24.5 Å². The lowest BCUT2D eigenvalue weighted by Crippen LogP contribution is -2.30. The van der Waals surface area contributed by atoms with Gasteiger partial charge in [0, 0.05) is 11.3 Å². The summed E-state index contributed by atoms with van der Waals surface area (Å²) in [5.41, 5.74) is 1.92. The van der Waals surface area contributed by atoms with Gasteiger partial charge >= 0.3 is 0 Å². The fraction of sp³-hybridized carbons (Fsp3) is 0.185. The zero-order chi connectivity index (χ0) is 23.6. The summed E-state index contributed by atoms with van der Waals surface area (Å²) >= 11 is 0. The molecule has 0 heterocycles. The number of benzene rings is 3. The number of hydrogen-bond donors (Lipinski definition) is 2. The molecule has 3 aromatic rings. The van der Waals surface area contributed by atoms with Gasteiger partial charge in [-0.1, -0.05) is 44.2 Å². The Bertz CT molecular complexity index is 1090. The van der Waals surface area contributed by atoms with Gasteiger partial charge in [0.15, 0.2) is 0 Å². The van der Waals surface area contributed by atoms with Crippen LogP contribution in [0, 0.1) is 5.92 Å². The summed E-state index contributed by atoms with van der Waals surface area (Å²) in [5, 5.41) is 5.55. The van der Waals surface area contributed by atoms with Gasteiger partial charge in [-0.05, 0) is 66.1 Å². The minimum absolute atomic E-state index is 0.127. The molecular formula is C27H28N2O4. The Morgan fingerprint density at radius 2 is 1.52 bits per heavy atom. The molecule has 6 nitrogen and oxygen atoms in total. The predicted molar refractivity (Wildman–Crippen MR) is 130 cm³/mol. The number of methoxy groups -OCH3 is 1. The molecule has 0 spiro atoms. The molecule has 0 aromatic heterocycles. The van der Waals surface area contributed by atoms with Crippen LogP contribution in [0.3, 0.4) is 0 Å². The average molecular weight is 445 g/mol. The van der Waals surface area contributed by atoms with Crippen LogP contribution in [-0.4, -0.2) is 25.5 Å². The lowest BCUT2D eigenvalue weighted by atomic mass is 10.1. The monoisotopic (exact) mass is 444 g/mol. The van der Waals surface area contributed by atoms with Crippen LogP contribution in [0.25, 0.3) is 6.08 Å². The Hall–Kier alpha value is -4.06. The van der Waals surface area contributed by atoms with Crippen molar-refractivity contribution in [3.8, 4) is 11.5 Å². The van der Waals surface area contributed by atoms with Gasteiger partial charge in [-0.3, -0.25) is 9.59 Å². The molecule has 2 N–H and O–H groups in total. The number of rotatable bonds is 9. The van der Waals surface area contributed by atoms with Crippen molar-refractivity contribution in [2.45, 2.75) is 13.8 Å². The smallest absolute Gasteiger partial charge is 0.272 e. The third kappa shape index (κ3) is 7.25. The van der Waals surface area contributed by atoms with E-state index in [-0.39, 0.29) is 5.70 Å². The molecule has 0 unspecified atom stereocenters. The molecule has 0 aliphatic heterocycles. The van der Waals surface area contributed by atoms with Gasteiger partial charge in [0.05, 0.1) is 13.7 Å². The van der Waals surface area contributed by atoms with E-state index in [0.717, 1.165) is 5.56 Å². The number of carbonyl (C=O) groups is 2. The second-order valence-electron chi connectivity index (χ2n) is 7.83.